The molecule has 2 heterocycles. The molecule has 2 aliphatic heterocycles. The number of carbonyl (C=O) groups excluding carboxylic acids is 1. The molecule has 0 unspecified atom stereocenters. The molecule has 2 aliphatic rings. The molecule has 0 radical (unpaired) electrons. The van der Waals surface area contributed by atoms with Crippen LogP contribution in [-0.2, 0) is 14.9 Å². The molecule has 1 aromatic carbocycles. The molecule has 1 aromatic rings. The Hall–Kier alpha value is -2.64. The maximum atomic E-state index is 14.6. The van der Waals surface area contributed by atoms with Crippen molar-refractivity contribution in [1.29, 1.82) is 5.26 Å². The highest BCUT2D eigenvalue weighted by Gasteiger charge is 2.35. The maximum Gasteiger partial charge on any atom is 0.414 e. The van der Waals surface area contributed by atoms with Crippen molar-refractivity contribution in [1.82, 2.24) is 0 Å². The van der Waals surface area contributed by atoms with E-state index in [-0.39, 0.29) is 12.2 Å². The van der Waals surface area contributed by atoms with Crippen molar-refractivity contribution in [3.8, 4) is 6.07 Å². The number of hydrogen-bond donors (Lipinski definition) is 1. The molecular formula is C17H18FN3O5S. The predicted octanol–water partition coefficient (Wildman–Crippen LogP) is 2.09. The Bertz CT molecular complexity index is 915. The van der Waals surface area contributed by atoms with Crippen molar-refractivity contribution in [2.45, 2.75) is 18.9 Å². The Balaban J connectivity index is 1.71. The van der Waals surface area contributed by atoms with Crippen LogP contribution in [-0.4, -0.2) is 50.6 Å². The van der Waals surface area contributed by atoms with Crippen molar-refractivity contribution in [2.75, 3.05) is 35.2 Å². The van der Waals surface area contributed by atoms with Gasteiger partial charge < -0.3 is 9.64 Å². The molecule has 0 bridgehead atoms. The zero-order valence-electron chi connectivity index (χ0n) is 14.3. The average Bonchev–Trinajstić information content (AvgIpc) is 2.94. The lowest BCUT2D eigenvalue weighted by molar-refractivity contribution is 0.150. The zero-order valence-corrected chi connectivity index (χ0v) is 15.2. The maximum absolute atomic E-state index is 14.6. The largest absolute Gasteiger partial charge is 0.443 e. The molecule has 2 saturated heterocycles. The van der Waals surface area contributed by atoms with Gasteiger partial charge in [0.1, 0.15) is 17.7 Å². The molecule has 3 rings (SSSR count). The van der Waals surface area contributed by atoms with Crippen LogP contribution in [0.3, 0.4) is 0 Å². The first-order valence-corrected chi connectivity index (χ1v) is 9.93. The van der Waals surface area contributed by atoms with Crippen LogP contribution in [0.25, 0.3) is 0 Å². The van der Waals surface area contributed by atoms with Crippen LogP contribution in [0.4, 0.5) is 20.6 Å². The minimum Gasteiger partial charge on any atom is -0.443 e. The number of halogens is 1. The van der Waals surface area contributed by atoms with Gasteiger partial charge in [0.2, 0.25) is 0 Å². The van der Waals surface area contributed by atoms with Gasteiger partial charge in [-0.25, -0.2) is 9.18 Å². The van der Waals surface area contributed by atoms with E-state index in [4.69, 9.17) is 14.6 Å². The molecule has 0 aliphatic carbocycles. The molecule has 2 fully saturated rings. The fourth-order valence-corrected chi connectivity index (χ4v) is 3.89. The first-order valence-electron chi connectivity index (χ1n) is 8.32. The molecule has 8 nitrogen and oxygen atoms in total. The molecule has 27 heavy (non-hydrogen) atoms. The molecule has 0 saturated carbocycles. The number of piperidine rings is 1. The smallest absolute Gasteiger partial charge is 0.414 e. The summed E-state index contributed by atoms with van der Waals surface area (Å²) >= 11 is 0. The Morgan fingerprint density at radius 2 is 2.07 bits per heavy atom. The van der Waals surface area contributed by atoms with Gasteiger partial charge in [-0.1, -0.05) is 5.57 Å². The first-order chi connectivity index (χ1) is 12.8. The lowest BCUT2D eigenvalue weighted by atomic mass is 10.0. The minimum absolute atomic E-state index is 0.0938. The highest BCUT2D eigenvalue weighted by Crippen LogP contribution is 2.30. The summed E-state index contributed by atoms with van der Waals surface area (Å²) in [6.07, 6.45) is 1.09. The van der Waals surface area contributed by atoms with Gasteiger partial charge in [0, 0.05) is 19.2 Å². The lowest BCUT2D eigenvalue weighted by Crippen LogP contribution is -2.31. The Kier molecular flexibility index (Phi) is 5.34. The number of hydrogen-bond acceptors (Lipinski definition) is 6. The van der Waals surface area contributed by atoms with Crippen LogP contribution in [0, 0.1) is 17.1 Å². The van der Waals surface area contributed by atoms with Crippen LogP contribution in [0.15, 0.2) is 29.8 Å². The highest BCUT2D eigenvalue weighted by atomic mass is 32.2. The summed E-state index contributed by atoms with van der Waals surface area (Å²) in [6, 6.07) is 6.34. The normalized spacial score (nSPS) is 20.4. The molecule has 0 aromatic heterocycles. The Labute approximate surface area is 156 Å². The van der Waals surface area contributed by atoms with E-state index in [0.717, 1.165) is 10.5 Å². The Morgan fingerprint density at radius 1 is 1.37 bits per heavy atom. The number of rotatable bonds is 4. The number of nitrogens with zero attached hydrogens (tertiary/aromatic N) is 3. The molecule has 10 heteroatoms. The van der Waals surface area contributed by atoms with Gasteiger partial charge in [-0.2, -0.15) is 13.7 Å². The summed E-state index contributed by atoms with van der Waals surface area (Å²) in [6.45, 7) is 1.08. The van der Waals surface area contributed by atoms with E-state index in [1.807, 2.05) is 11.0 Å². The fraction of sp³-hybridized carbons (Fsp3) is 0.412. The molecule has 1 N–H and O–H groups in total. The third-order valence-electron chi connectivity index (χ3n) is 4.53. The fourth-order valence-electron chi connectivity index (χ4n) is 3.24. The van der Waals surface area contributed by atoms with Gasteiger partial charge >= 0.3 is 6.09 Å². The van der Waals surface area contributed by atoms with Crippen molar-refractivity contribution >= 4 is 27.6 Å². The predicted molar refractivity (Wildman–Crippen MR) is 95.6 cm³/mol. The highest BCUT2D eigenvalue weighted by molar-refractivity contribution is 7.85. The van der Waals surface area contributed by atoms with Crippen molar-refractivity contribution in [2.24, 2.45) is 0 Å². The monoisotopic (exact) mass is 395 g/mol. The molecule has 1 atom stereocenters. The standard InChI is InChI=1S/C17H18FN3O5S/c18-15-9-13(21-10-14(26-17(21)22)11-27(23,24)25)1-2-16(15)20-7-4-12(3-6-19)5-8-20/h1-3,9,14H,4-5,7-8,10-11H2,(H,23,24,25)/t14-/m1/s1. The zero-order chi connectivity index (χ0) is 19.6. The van der Waals surface area contributed by atoms with Crippen molar-refractivity contribution < 1.29 is 26.9 Å². The third-order valence-corrected chi connectivity index (χ3v) is 5.32. The van der Waals surface area contributed by atoms with Crippen LogP contribution in [0.2, 0.25) is 0 Å². The SMILES string of the molecule is N#CC=C1CCN(c2ccc(N3C[C@H](CS(=O)(=O)O)OC3=O)cc2F)CC1. The van der Waals surface area contributed by atoms with Gasteiger partial charge in [0.05, 0.1) is 24.0 Å². The summed E-state index contributed by atoms with van der Waals surface area (Å²) in [7, 11) is -4.28. The summed E-state index contributed by atoms with van der Waals surface area (Å²) < 4.78 is 50.3. The Morgan fingerprint density at radius 3 is 2.67 bits per heavy atom. The van der Waals surface area contributed by atoms with Gasteiger partial charge in [0.15, 0.2) is 0 Å². The van der Waals surface area contributed by atoms with Gasteiger partial charge in [-0.05, 0) is 31.0 Å². The van der Waals surface area contributed by atoms with Crippen LogP contribution < -0.4 is 9.80 Å². The van der Waals surface area contributed by atoms with Crippen LogP contribution >= 0.6 is 0 Å². The minimum atomic E-state index is -4.28. The lowest BCUT2D eigenvalue weighted by Gasteiger charge is -2.30. The van der Waals surface area contributed by atoms with E-state index >= 15 is 0 Å². The molecular weight excluding hydrogens is 377 g/mol. The summed E-state index contributed by atoms with van der Waals surface area (Å²) in [5, 5.41) is 8.69. The second kappa shape index (κ2) is 7.54. The van der Waals surface area contributed by atoms with Gasteiger partial charge in [-0.15, -0.1) is 0 Å². The van der Waals surface area contributed by atoms with Crippen molar-refractivity contribution in [3.05, 3.63) is 35.7 Å². The number of allylic oxidation sites excluding steroid dienone is 1. The van der Waals surface area contributed by atoms with E-state index in [2.05, 4.69) is 0 Å². The van der Waals surface area contributed by atoms with E-state index in [9.17, 15) is 17.6 Å². The second-order valence-electron chi connectivity index (χ2n) is 6.42. The van der Waals surface area contributed by atoms with E-state index < -0.39 is 33.9 Å². The summed E-state index contributed by atoms with van der Waals surface area (Å²) in [5.74, 6) is -1.21. The van der Waals surface area contributed by atoms with E-state index in [1.54, 1.807) is 12.1 Å². The summed E-state index contributed by atoms with van der Waals surface area (Å²) in [5.41, 5.74) is 1.69. The van der Waals surface area contributed by atoms with Gasteiger partial charge in [-0.3, -0.25) is 9.45 Å². The van der Waals surface area contributed by atoms with E-state index in [0.29, 0.717) is 31.6 Å². The van der Waals surface area contributed by atoms with Gasteiger partial charge in [0.25, 0.3) is 10.1 Å². The number of amides is 1. The van der Waals surface area contributed by atoms with Crippen LogP contribution in [0.5, 0.6) is 0 Å². The quantitative estimate of drug-likeness (QED) is 0.614. The van der Waals surface area contributed by atoms with Crippen molar-refractivity contribution in [3.63, 3.8) is 0 Å². The van der Waals surface area contributed by atoms with Crippen LogP contribution in [0.1, 0.15) is 12.8 Å². The summed E-state index contributed by atoms with van der Waals surface area (Å²) in [4.78, 5) is 14.9. The molecule has 0 spiro atoms. The number of anilines is 2. The average molecular weight is 395 g/mol. The van der Waals surface area contributed by atoms with E-state index in [1.165, 1.54) is 12.1 Å². The number of benzene rings is 1. The second-order valence-corrected chi connectivity index (χ2v) is 7.92. The number of ether oxygens (including phenoxy) is 1. The third kappa shape index (κ3) is 4.56. The topological polar surface area (TPSA) is 111 Å². The number of cyclic esters (lactones) is 1. The molecule has 1 amide bonds. The molecule has 144 valence electrons. The number of nitriles is 1. The first kappa shape index (κ1) is 19.1. The number of carbonyl (C=O) groups is 1.